The number of hydrogen-bond acceptors (Lipinski definition) is 4. The fourth-order valence-corrected chi connectivity index (χ4v) is 1.08. The van der Waals surface area contributed by atoms with Crippen molar-refractivity contribution >= 4 is 11.9 Å². The molecule has 0 rings (SSSR count). The van der Waals surface area contributed by atoms with Crippen molar-refractivity contribution in [2.45, 2.75) is 20.3 Å². The van der Waals surface area contributed by atoms with Gasteiger partial charge in [-0.2, -0.15) is 0 Å². The number of carbonyl (C=O) groups excluding carboxylic acids is 1. The third-order valence-corrected chi connectivity index (χ3v) is 1.76. The molecule has 0 bridgehead atoms. The molecule has 6 heteroatoms. The molecule has 0 aromatic heterocycles. The molecule has 6 nitrogen and oxygen atoms in total. The molecular formula is C11H21NO5. The van der Waals surface area contributed by atoms with Gasteiger partial charge in [0, 0.05) is 13.0 Å². The first kappa shape index (κ1) is 15.9. The highest BCUT2D eigenvalue weighted by Crippen LogP contribution is 1.97. The van der Waals surface area contributed by atoms with Crippen LogP contribution in [0.4, 0.5) is 0 Å². The van der Waals surface area contributed by atoms with Gasteiger partial charge < -0.3 is 19.9 Å². The smallest absolute Gasteiger partial charge is 0.329 e. The zero-order chi connectivity index (χ0) is 13.1. The van der Waals surface area contributed by atoms with E-state index in [9.17, 15) is 9.59 Å². The molecule has 100 valence electrons. The molecule has 0 unspecified atom stereocenters. The van der Waals surface area contributed by atoms with E-state index < -0.39 is 5.97 Å². The fourth-order valence-electron chi connectivity index (χ4n) is 1.08. The van der Waals surface area contributed by atoms with Gasteiger partial charge in [-0.15, -0.1) is 0 Å². The lowest BCUT2D eigenvalue weighted by Gasteiger charge is -2.07. The Morgan fingerprint density at radius 2 is 1.82 bits per heavy atom. The number of amides is 1. The summed E-state index contributed by atoms with van der Waals surface area (Å²) in [6, 6.07) is 0. The summed E-state index contributed by atoms with van der Waals surface area (Å²) in [5.41, 5.74) is 0. The van der Waals surface area contributed by atoms with Crippen LogP contribution in [0, 0.1) is 5.92 Å². The Bertz CT molecular complexity index is 230. The predicted octanol–water partition coefficient (Wildman–Crippen LogP) is 0.267. The maximum absolute atomic E-state index is 11.2. The van der Waals surface area contributed by atoms with Gasteiger partial charge in [0.05, 0.1) is 19.8 Å². The van der Waals surface area contributed by atoms with E-state index in [2.05, 4.69) is 5.32 Å². The highest BCUT2D eigenvalue weighted by molar-refractivity contribution is 5.75. The maximum Gasteiger partial charge on any atom is 0.329 e. The Kier molecular flexibility index (Phi) is 9.37. The second-order valence-corrected chi connectivity index (χ2v) is 4.01. The summed E-state index contributed by atoms with van der Waals surface area (Å²) in [6.07, 6.45) is 0.516. The minimum atomic E-state index is -0.994. The van der Waals surface area contributed by atoms with Crippen LogP contribution in [-0.4, -0.2) is 50.0 Å². The Balaban J connectivity index is 3.18. The van der Waals surface area contributed by atoms with E-state index in [1.54, 1.807) is 0 Å². The highest BCUT2D eigenvalue weighted by atomic mass is 16.5. The zero-order valence-electron chi connectivity index (χ0n) is 10.4. The monoisotopic (exact) mass is 247 g/mol. The largest absolute Gasteiger partial charge is 0.480 e. The zero-order valence-corrected chi connectivity index (χ0v) is 10.4. The molecular weight excluding hydrogens is 226 g/mol. The van der Waals surface area contributed by atoms with Gasteiger partial charge in [-0.3, -0.25) is 4.79 Å². The molecule has 0 aliphatic rings. The van der Waals surface area contributed by atoms with E-state index in [-0.39, 0.29) is 19.1 Å². The maximum atomic E-state index is 11.2. The van der Waals surface area contributed by atoms with Crippen LogP contribution in [0.5, 0.6) is 0 Å². The molecule has 0 heterocycles. The third kappa shape index (κ3) is 12.8. The minimum Gasteiger partial charge on any atom is -0.480 e. The van der Waals surface area contributed by atoms with Crippen molar-refractivity contribution in [3.8, 4) is 0 Å². The van der Waals surface area contributed by atoms with Crippen LogP contribution in [0.1, 0.15) is 20.3 Å². The fraction of sp³-hybridized carbons (Fsp3) is 0.818. The first-order valence-corrected chi connectivity index (χ1v) is 5.66. The average molecular weight is 247 g/mol. The van der Waals surface area contributed by atoms with Crippen molar-refractivity contribution in [1.82, 2.24) is 5.32 Å². The summed E-state index contributed by atoms with van der Waals surface area (Å²) in [7, 11) is 0. The molecule has 0 saturated carbocycles. The molecule has 0 aliphatic heterocycles. The Morgan fingerprint density at radius 1 is 1.18 bits per heavy atom. The standard InChI is InChI=1S/C11H21NO5/c1-9(2)7-10(13)12-3-4-16-5-6-17-8-11(14)15/h9H,3-8H2,1-2H3,(H,12,13)(H,14,15). The van der Waals surface area contributed by atoms with E-state index in [1.165, 1.54) is 0 Å². The quantitative estimate of drug-likeness (QED) is 0.541. The summed E-state index contributed by atoms with van der Waals surface area (Å²) in [6.45, 7) is 5.09. The van der Waals surface area contributed by atoms with Crippen LogP contribution < -0.4 is 5.32 Å². The van der Waals surface area contributed by atoms with Crippen LogP contribution >= 0.6 is 0 Å². The number of nitrogens with one attached hydrogen (secondary N) is 1. The second-order valence-electron chi connectivity index (χ2n) is 4.01. The minimum absolute atomic E-state index is 0.0192. The van der Waals surface area contributed by atoms with Crippen molar-refractivity contribution in [3.63, 3.8) is 0 Å². The van der Waals surface area contributed by atoms with Crippen LogP contribution in [0.25, 0.3) is 0 Å². The summed E-state index contributed by atoms with van der Waals surface area (Å²) < 4.78 is 9.90. The number of carboxylic acids is 1. The SMILES string of the molecule is CC(C)CC(=O)NCCOCCOCC(=O)O. The van der Waals surface area contributed by atoms with Crippen molar-refractivity contribution in [1.29, 1.82) is 0 Å². The van der Waals surface area contributed by atoms with Crippen LogP contribution in [0.3, 0.4) is 0 Å². The van der Waals surface area contributed by atoms with E-state index >= 15 is 0 Å². The summed E-state index contributed by atoms with van der Waals surface area (Å²) in [5, 5.41) is 11.0. The lowest BCUT2D eigenvalue weighted by molar-refractivity contribution is -0.142. The Labute approximate surface area is 101 Å². The number of ether oxygens (including phenoxy) is 2. The number of carbonyl (C=O) groups is 2. The lowest BCUT2D eigenvalue weighted by Crippen LogP contribution is -2.28. The van der Waals surface area contributed by atoms with Gasteiger partial charge in [-0.25, -0.2) is 4.79 Å². The molecule has 0 fully saturated rings. The highest BCUT2D eigenvalue weighted by Gasteiger charge is 2.03. The first-order valence-electron chi connectivity index (χ1n) is 5.66. The number of hydrogen-bond donors (Lipinski definition) is 2. The van der Waals surface area contributed by atoms with E-state index in [4.69, 9.17) is 14.6 Å². The molecule has 0 atom stereocenters. The van der Waals surface area contributed by atoms with Gasteiger partial charge in [-0.1, -0.05) is 13.8 Å². The molecule has 0 spiro atoms. The van der Waals surface area contributed by atoms with Gasteiger partial charge in [-0.05, 0) is 5.92 Å². The van der Waals surface area contributed by atoms with Crippen LogP contribution in [0.15, 0.2) is 0 Å². The normalized spacial score (nSPS) is 10.5. The second kappa shape index (κ2) is 10.0. The third-order valence-electron chi connectivity index (χ3n) is 1.76. The summed E-state index contributed by atoms with van der Waals surface area (Å²) >= 11 is 0. The molecule has 1 amide bonds. The molecule has 2 N–H and O–H groups in total. The first-order chi connectivity index (χ1) is 8.02. The van der Waals surface area contributed by atoms with Crippen molar-refractivity contribution in [2.75, 3.05) is 33.0 Å². The Hall–Kier alpha value is -1.14. The van der Waals surface area contributed by atoms with Gasteiger partial charge in [0.2, 0.25) is 5.91 Å². The van der Waals surface area contributed by atoms with Crippen LogP contribution in [0.2, 0.25) is 0 Å². The predicted molar refractivity (Wildman–Crippen MR) is 61.7 cm³/mol. The molecule has 0 aromatic rings. The number of aliphatic carboxylic acids is 1. The van der Waals surface area contributed by atoms with Crippen LogP contribution in [-0.2, 0) is 19.1 Å². The summed E-state index contributed by atoms with van der Waals surface area (Å²) in [5.74, 6) is -0.628. The lowest BCUT2D eigenvalue weighted by atomic mass is 10.1. The van der Waals surface area contributed by atoms with E-state index in [0.29, 0.717) is 32.1 Å². The molecule has 0 saturated heterocycles. The number of rotatable bonds is 10. The molecule has 0 aliphatic carbocycles. The molecule has 0 aromatic carbocycles. The van der Waals surface area contributed by atoms with Gasteiger partial charge in [0.1, 0.15) is 6.61 Å². The Morgan fingerprint density at radius 3 is 2.41 bits per heavy atom. The van der Waals surface area contributed by atoms with Gasteiger partial charge in [0.25, 0.3) is 0 Å². The van der Waals surface area contributed by atoms with Crippen molar-refractivity contribution in [3.05, 3.63) is 0 Å². The number of carboxylic acid groups (broad SMARTS) is 1. The van der Waals surface area contributed by atoms with Crippen molar-refractivity contribution < 1.29 is 24.2 Å². The topological polar surface area (TPSA) is 84.9 Å². The van der Waals surface area contributed by atoms with E-state index in [1.807, 2.05) is 13.8 Å². The van der Waals surface area contributed by atoms with E-state index in [0.717, 1.165) is 0 Å². The summed E-state index contributed by atoms with van der Waals surface area (Å²) in [4.78, 5) is 21.3. The van der Waals surface area contributed by atoms with Gasteiger partial charge >= 0.3 is 5.97 Å². The van der Waals surface area contributed by atoms with Gasteiger partial charge in [0.15, 0.2) is 0 Å². The molecule has 0 radical (unpaired) electrons. The average Bonchev–Trinajstić information content (AvgIpc) is 2.20. The van der Waals surface area contributed by atoms with Crippen molar-refractivity contribution in [2.24, 2.45) is 5.92 Å². The molecule has 17 heavy (non-hydrogen) atoms.